The minimum Gasteiger partial charge on any atom is -0.391 e. The molecule has 0 aromatic heterocycles. The van der Waals surface area contributed by atoms with Gasteiger partial charge in [0.15, 0.2) is 0 Å². The number of nitrogens with one attached hydrogen (secondary N) is 1. The first kappa shape index (κ1) is 16.8. The van der Waals surface area contributed by atoms with Gasteiger partial charge in [-0.2, -0.15) is 0 Å². The lowest BCUT2D eigenvalue weighted by Gasteiger charge is -2.30. The van der Waals surface area contributed by atoms with Crippen molar-refractivity contribution in [2.75, 3.05) is 18.4 Å². The summed E-state index contributed by atoms with van der Waals surface area (Å²) in [4.78, 5) is 14.3. The second-order valence-corrected chi connectivity index (χ2v) is 6.54. The Balaban J connectivity index is 1.65. The molecule has 0 spiro atoms. The summed E-state index contributed by atoms with van der Waals surface area (Å²) in [6.07, 6.45) is 1.21. The number of halogens is 1. The summed E-state index contributed by atoms with van der Waals surface area (Å²) in [6, 6.07) is 15.2. The molecule has 5 heteroatoms. The van der Waals surface area contributed by atoms with E-state index in [0.29, 0.717) is 25.2 Å². The molecule has 2 N–H and O–H groups in total. The highest BCUT2D eigenvalue weighted by atomic mass is 35.5. The number of anilines is 1. The van der Waals surface area contributed by atoms with Crippen molar-refractivity contribution in [3.05, 3.63) is 64.7 Å². The Morgan fingerprint density at radius 3 is 2.79 bits per heavy atom. The van der Waals surface area contributed by atoms with E-state index in [1.54, 1.807) is 4.90 Å². The average Bonchev–Trinajstić information content (AvgIpc) is 2.61. The van der Waals surface area contributed by atoms with Gasteiger partial charge < -0.3 is 15.3 Å². The molecule has 3 rings (SSSR count). The first-order valence-corrected chi connectivity index (χ1v) is 8.55. The monoisotopic (exact) mass is 344 g/mol. The molecule has 0 bridgehead atoms. The summed E-state index contributed by atoms with van der Waals surface area (Å²) in [6.45, 7) is 1.79. The van der Waals surface area contributed by atoms with E-state index in [4.69, 9.17) is 11.6 Å². The van der Waals surface area contributed by atoms with Crippen LogP contribution in [0.15, 0.2) is 48.5 Å². The fourth-order valence-corrected chi connectivity index (χ4v) is 3.02. The zero-order valence-corrected chi connectivity index (χ0v) is 14.2. The van der Waals surface area contributed by atoms with Crippen LogP contribution in [0.1, 0.15) is 28.8 Å². The van der Waals surface area contributed by atoms with Crippen LogP contribution < -0.4 is 5.32 Å². The highest BCUT2D eigenvalue weighted by Crippen LogP contribution is 2.18. The highest BCUT2D eigenvalue weighted by Gasteiger charge is 2.23. The molecule has 1 amide bonds. The van der Waals surface area contributed by atoms with Crippen LogP contribution in [0.2, 0.25) is 5.02 Å². The van der Waals surface area contributed by atoms with Crippen molar-refractivity contribution in [3.63, 3.8) is 0 Å². The van der Waals surface area contributed by atoms with Crippen LogP contribution in [0.4, 0.5) is 5.69 Å². The molecule has 1 aliphatic rings. The molecule has 1 heterocycles. The first-order valence-electron chi connectivity index (χ1n) is 8.17. The quantitative estimate of drug-likeness (QED) is 0.891. The van der Waals surface area contributed by atoms with Crippen molar-refractivity contribution in [1.29, 1.82) is 0 Å². The topological polar surface area (TPSA) is 52.6 Å². The van der Waals surface area contributed by atoms with Gasteiger partial charge in [0, 0.05) is 35.9 Å². The van der Waals surface area contributed by atoms with E-state index < -0.39 is 6.10 Å². The summed E-state index contributed by atoms with van der Waals surface area (Å²) in [5, 5.41) is 13.8. The van der Waals surface area contributed by atoms with Crippen molar-refractivity contribution in [2.24, 2.45) is 0 Å². The fraction of sp³-hybridized carbons (Fsp3) is 0.316. The highest BCUT2D eigenvalue weighted by molar-refractivity contribution is 6.30. The van der Waals surface area contributed by atoms with E-state index in [0.717, 1.165) is 29.1 Å². The van der Waals surface area contributed by atoms with Crippen molar-refractivity contribution < 1.29 is 9.90 Å². The number of benzene rings is 2. The maximum atomic E-state index is 12.6. The normalized spacial score (nSPS) is 17.6. The molecule has 0 aliphatic carbocycles. The third-order valence-electron chi connectivity index (χ3n) is 4.20. The predicted octanol–water partition coefficient (Wildman–Crippen LogP) is 3.55. The number of aliphatic hydroxyl groups is 1. The number of nitrogens with zero attached hydrogens (tertiary/aromatic N) is 1. The molecule has 24 heavy (non-hydrogen) atoms. The molecule has 1 saturated heterocycles. The van der Waals surface area contributed by atoms with E-state index >= 15 is 0 Å². The Kier molecular flexibility index (Phi) is 5.38. The Morgan fingerprint density at radius 1 is 1.25 bits per heavy atom. The van der Waals surface area contributed by atoms with Gasteiger partial charge in [-0.25, -0.2) is 0 Å². The van der Waals surface area contributed by atoms with Crippen LogP contribution in [0.5, 0.6) is 0 Å². The third kappa shape index (κ3) is 4.28. The van der Waals surface area contributed by atoms with Gasteiger partial charge in [-0.1, -0.05) is 29.8 Å². The van der Waals surface area contributed by atoms with Crippen LogP contribution >= 0.6 is 11.6 Å². The van der Waals surface area contributed by atoms with Gasteiger partial charge in [0.05, 0.1) is 6.10 Å². The minimum absolute atomic E-state index is 0.0242. The standard InChI is InChI=1S/C19H21ClN2O2/c20-16-8-6-14(7-9-16)12-21-17-4-1-3-15(11-17)19(24)22-10-2-5-18(23)13-22/h1,3-4,6-9,11,18,21,23H,2,5,10,12-13H2. The van der Waals surface area contributed by atoms with Crippen molar-refractivity contribution in [3.8, 4) is 0 Å². The minimum atomic E-state index is -0.408. The second kappa shape index (κ2) is 7.69. The van der Waals surface area contributed by atoms with E-state index in [1.807, 2.05) is 48.5 Å². The fourth-order valence-electron chi connectivity index (χ4n) is 2.89. The Morgan fingerprint density at radius 2 is 2.04 bits per heavy atom. The third-order valence-corrected chi connectivity index (χ3v) is 4.46. The Labute approximate surface area is 147 Å². The van der Waals surface area contributed by atoms with Gasteiger partial charge in [0.25, 0.3) is 5.91 Å². The molecule has 4 nitrogen and oxygen atoms in total. The molecular formula is C19H21ClN2O2. The molecule has 1 atom stereocenters. The SMILES string of the molecule is O=C(c1cccc(NCc2ccc(Cl)cc2)c1)N1CCCC(O)C1. The molecule has 126 valence electrons. The lowest BCUT2D eigenvalue weighted by molar-refractivity contribution is 0.0474. The predicted molar refractivity (Wildman–Crippen MR) is 96.4 cm³/mol. The number of rotatable bonds is 4. The van der Waals surface area contributed by atoms with Gasteiger partial charge in [0.2, 0.25) is 0 Å². The van der Waals surface area contributed by atoms with Crippen molar-refractivity contribution >= 4 is 23.2 Å². The second-order valence-electron chi connectivity index (χ2n) is 6.11. The van der Waals surface area contributed by atoms with Crippen LogP contribution in [0.25, 0.3) is 0 Å². The number of carbonyl (C=O) groups excluding carboxylic acids is 1. The molecule has 2 aromatic carbocycles. The van der Waals surface area contributed by atoms with E-state index in [-0.39, 0.29) is 5.91 Å². The smallest absolute Gasteiger partial charge is 0.254 e. The largest absolute Gasteiger partial charge is 0.391 e. The summed E-state index contributed by atoms with van der Waals surface area (Å²) in [5.41, 5.74) is 2.66. The maximum Gasteiger partial charge on any atom is 0.254 e. The summed E-state index contributed by atoms with van der Waals surface area (Å²) >= 11 is 5.89. The number of hydrogen-bond acceptors (Lipinski definition) is 3. The van der Waals surface area contributed by atoms with E-state index in [1.165, 1.54) is 0 Å². The van der Waals surface area contributed by atoms with Gasteiger partial charge in [-0.3, -0.25) is 4.79 Å². The van der Waals surface area contributed by atoms with Crippen molar-refractivity contribution in [1.82, 2.24) is 4.90 Å². The maximum absolute atomic E-state index is 12.6. The molecule has 0 radical (unpaired) electrons. The van der Waals surface area contributed by atoms with Crippen molar-refractivity contribution in [2.45, 2.75) is 25.5 Å². The molecule has 0 saturated carbocycles. The van der Waals surface area contributed by atoms with E-state index in [9.17, 15) is 9.90 Å². The van der Waals surface area contributed by atoms with Crippen LogP contribution in [-0.4, -0.2) is 35.1 Å². The summed E-state index contributed by atoms with van der Waals surface area (Å²) in [5.74, 6) is -0.0242. The van der Waals surface area contributed by atoms with E-state index in [2.05, 4.69) is 5.32 Å². The molecular weight excluding hydrogens is 324 g/mol. The number of amides is 1. The lowest BCUT2D eigenvalue weighted by Crippen LogP contribution is -2.42. The molecule has 2 aromatic rings. The number of piperidine rings is 1. The first-order chi connectivity index (χ1) is 11.6. The molecule has 1 fully saturated rings. The van der Waals surface area contributed by atoms with Gasteiger partial charge in [-0.05, 0) is 48.7 Å². The number of β-amino-alcohol motifs (C(OH)–C–C–N with tert-alkyl or cyclic N) is 1. The molecule has 1 unspecified atom stereocenters. The number of likely N-dealkylation sites (tertiary alicyclic amines) is 1. The van der Waals surface area contributed by atoms with Gasteiger partial charge >= 0.3 is 0 Å². The zero-order chi connectivity index (χ0) is 16.9. The Hall–Kier alpha value is -2.04. The number of aliphatic hydroxyl groups excluding tert-OH is 1. The summed E-state index contributed by atoms with van der Waals surface area (Å²) in [7, 11) is 0. The molecule has 1 aliphatic heterocycles. The van der Waals surface area contributed by atoms with Crippen LogP contribution in [0, 0.1) is 0 Å². The van der Waals surface area contributed by atoms with Crippen LogP contribution in [0.3, 0.4) is 0 Å². The lowest BCUT2D eigenvalue weighted by atomic mass is 10.1. The zero-order valence-electron chi connectivity index (χ0n) is 13.4. The van der Waals surface area contributed by atoms with Crippen LogP contribution in [-0.2, 0) is 6.54 Å². The number of carbonyl (C=O) groups is 1. The number of hydrogen-bond donors (Lipinski definition) is 2. The average molecular weight is 345 g/mol. The van der Waals surface area contributed by atoms with Gasteiger partial charge in [-0.15, -0.1) is 0 Å². The van der Waals surface area contributed by atoms with Gasteiger partial charge in [0.1, 0.15) is 0 Å². The Bertz CT molecular complexity index is 703. The summed E-state index contributed by atoms with van der Waals surface area (Å²) < 4.78 is 0.